The fourth-order valence-corrected chi connectivity index (χ4v) is 5.56. The van der Waals surface area contributed by atoms with Gasteiger partial charge in [0.2, 0.25) is 0 Å². The van der Waals surface area contributed by atoms with Gasteiger partial charge in [0.25, 0.3) is 0 Å². The van der Waals surface area contributed by atoms with Gasteiger partial charge in [0.15, 0.2) is 0 Å². The zero-order chi connectivity index (χ0) is 7.97. The molecule has 2 bridgehead atoms. The molecule has 1 aliphatic carbocycles. The van der Waals surface area contributed by atoms with Crippen LogP contribution in [0.3, 0.4) is 0 Å². The summed E-state index contributed by atoms with van der Waals surface area (Å²) in [6.07, 6.45) is 9.68. The van der Waals surface area contributed by atoms with Gasteiger partial charge >= 0.3 is 78.7 Å². The van der Waals surface area contributed by atoms with Crippen molar-refractivity contribution in [2.45, 2.75) is 22.5 Å². The van der Waals surface area contributed by atoms with E-state index >= 15 is 0 Å². The first-order chi connectivity index (χ1) is 5.93. The summed E-state index contributed by atoms with van der Waals surface area (Å²) in [5.74, 6) is 2.16. The molecule has 2 aliphatic heterocycles. The molecular weight excluding hydrogens is 215 g/mol. The van der Waals surface area contributed by atoms with E-state index < -0.39 is 0 Å². The van der Waals surface area contributed by atoms with Gasteiger partial charge in [0, 0.05) is 0 Å². The van der Waals surface area contributed by atoms with Crippen LogP contribution in [0.1, 0.15) is 12.8 Å². The van der Waals surface area contributed by atoms with Crippen molar-refractivity contribution in [3.05, 3.63) is 24.0 Å². The normalized spacial score (nSPS) is 43.3. The molecule has 1 nitrogen and oxygen atoms in total. The first kappa shape index (κ1) is 7.23. The summed E-state index contributed by atoms with van der Waals surface area (Å²) in [6.45, 7) is 0.934. The molecule has 1 saturated heterocycles. The number of hydrogen-bond acceptors (Lipinski definition) is 1. The van der Waals surface area contributed by atoms with Crippen molar-refractivity contribution in [1.29, 1.82) is 0 Å². The third-order valence-corrected chi connectivity index (χ3v) is 6.10. The maximum absolute atomic E-state index is 5.63. The second-order valence-corrected chi connectivity index (χ2v) is 6.53. The average molecular weight is 227 g/mol. The molecule has 0 aromatic rings. The number of ether oxygens (including phenoxy) is 1. The topological polar surface area (TPSA) is 9.23 Å². The molecule has 0 spiro atoms. The summed E-state index contributed by atoms with van der Waals surface area (Å²) >= 11 is 0.787. The van der Waals surface area contributed by atoms with Crippen molar-refractivity contribution in [3.8, 4) is 0 Å². The molecule has 0 N–H and O–H groups in total. The molecule has 12 heavy (non-hydrogen) atoms. The first-order valence-corrected chi connectivity index (χ1v) is 6.58. The van der Waals surface area contributed by atoms with Crippen LogP contribution < -0.4 is 0 Å². The van der Waals surface area contributed by atoms with Crippen molar-refractivity contribution in [2.24, 2.45) is 5.92 Å². The molecular formula is C10H12OSe. The van der Waals surface area contributed by atoms with E-state index in [0.29, 0.717) is 0 Å². The monoisotopic (exact) mass is 228 g/mol. The van der Waals surface area contributed by atoms with Gasteiger partial charge in [-0.25, -0.2) is 0 Å². The van der Waals surface area contributed by atoms with Gasteiger partial charge in [-0.1, -0.05) is 0 Å². The molecule has 1 fully saturated rings. The Morgan fingerprint density at radius 3 is 3.00 bits per heavy atom. The van der Waals surface area contributed by atoms with Crippen LogP contribution in [0.4, 0.5) is 0 Å². The van der Waals surface area contributed by atoms with Crippen LogP contribution in [0.25, 0.3) is 0 Å². The molecule has 0 amide bonds. The molecule has 0 radical (unpaired) electrons. The van der Waals surface area contributed by atoms with E-state index in [9.17, 15) is 0 Å². The van der Waals surface area contributed by atoms with Crippen LogP contribution in [-0.4, -0.2) is 21.6 Å². The van der Waals surface area contributed by atoms with E-state index in [1.54, 1.807) is 0 Å². The van der Waals surface area contributed by atoms with E-state index in [4.69, 9.17) is 4.74 Å². The zero-order valence-electron chi connectivity index (χ0n) is 6.90. The molecule has 3 aliphatic rings. The second kappa shape index (κ2) is 2.65. The summed E-state index contributed by atoms with van der Waals surface area (Å²) in [5, 5.41) is 0. The Morgan fingerprint density at radius 1 is 1.42 bits per heavy atom. The summed E-state index contributed by atoms with van der Waals surface area (Å²) < 4.78 is 5.63. The molecule has 64 valence electrons. The van der Waals surface area contributed by atoms with E-state index in [-0.39, 0.29) is 0 Å². The van der Waals surface area contributed by atoms with Crippen molar-refractivity contribution in [2.75, 3.05) is 6.61 Å². The minimum atomic E-state index is 0.787. The van der Waals surface area contributed by atoms with E-state index in [1.807, 2.05) is 0 Å². The predicted molar refractivity (Wildman–Crippen MR) is 49.2 cm³/mol. The van der Waals surface area contributed by atoms with E-state index in [2.05, 4.69) is 18.2 Å². The first-order valence-electron chi connectivity index (χ1n) is 4.60. The van der Waals surface area contributed by atoms with Gasteiger partial charge in [-0.05, 0) is 0 Å². The van der Waals surface area contributed by atoms with Crippen molar-refractivity contribution >= 4 is 15.0 Å². The molecule has 3 rings (SSSR count). The summed E-state index contributed by atoms with van der Waals surface area (Å²) in [7, 11) is 0. The van der Waals surface area contributed by atoms with Crippen LogP contribution >= 0.6 is 0 Å². The SMILES string of the molecule is C1=CC2CC1[Se][C@@H]2C1=CCCO1. The Hall–Kier alpha value is -0.201. The molecule has 2 heteroatoms. The second-order valence-electron chi connectivity index (χ2n) is 3.62. The molecule has 3 atom stereocenters. The molecule has 0 aromatic carbocycles. The van der Waals surface area contributed by atoms with Gasteiger partial charge in [-0.2, -0.15) is 0 Å². The number of hydrogen-bond donors (Lipinski definition) is 0. The summed E-state index contributed by atoms with van der Waals surface area (Å²) in [6, 6.07) is 0. The third-order valence-electron chi connectivity index (χ3n) is 2.80. The van der Waals surface area contributed by atoms with Gasteiger partial charge in [0.1, 0.15) is 0 Å². The van der Waals surface area contributed by atoms with Gasteiger partial charge < -0.3 is 0 Å². The quantitative estimate of drug-likeness (QED) is 0.492. The van der Waals surface area contributed by atoms with Crippen LogP contribution in [0.15, 0.2) is 24.0 Å². The molecule has 2 heterocycles. The summed E-state index contributed by atoms with van der Waals surface area (Å²) in [4.78, 5) is 1.73. The standard InChI is InChI=1S/C10H12OSe/c1-2-9(11-5-1)10-7-3-4-8(6-7)12-10/h2-4,7-8,10H,1,5-6H2/t7?,8?,10-/m0/s1. The Bertz CT molecular complexity index is 257. The van der Waals surface area contributed by atoms with E-state index in [0.717, 1.165) is 43.5 Å². The van der Waals surface area contributed by atoms with Crippen molar-refractivity contribution in [1.82, 2.24) is 0 Å². The van der Waals surface area contributed by atoms with Crippen LogP contribution in [0.2, 0.25) is 9.63 Å². The maximum atomic E-state index is 5.63. The molecule has 0 saturated carbocycles. The Labute approximate surface area is 79.0 Å². The Morgan fingerprint density at radius 2 is 2.42 bits per heavy atom. The van der Waals surface area contributed by atoms with Crippen LogP contribution in [0.5, 0.6) is 0 Å². The predicted octanol–water partition coefficient (Wildman–Crippen LogP) is 2.16. The number of allylic oxidation sites excluding steroid dienone is 3. The molecule has 2 unspecified atom stereocenters. The average Bonchev–Trinajstić information content (AvgIpc) is 2.81. The summed E-state index contributed by atoms with van der Waals surface area (Å²) in [5.41, 5.74) is 0. The van der Waals surface area contributed by atoms with Gasteiger partial charge in [-0.3, -0.25) is 0 Å². The number of rotatable bonds is 1. The fourth-order valence-electron chi connectivity index (χ4n) is 2.22. The molecule has 0 aromatic heterocycles. The van der Waals surface area contributed by atoms with Crippen LogP contribution in [0, 0.1) is 5.92 Å². The van der Waals surface area contributed by atoms with Crippen molar-refractivity contribution in [3.63, 3.8) is 0 Å². The van der Waals surface area contributed by atoms with Gasteiger partial charge in [0.05, 0.1) is 0 Å². The van der Waals surface area contributed by atoms with Crippen molar-refractivity contribution < 1.29 is 4.74 Å². The Kier molecular flexibility index (Phi) is 1.59. The number of fused-ring (bicyclic) bond motifs is 2. The minimum absolute atomic E-state index is 0.787. The van der Waals surface area contributed by atoms with E-state index in [1.165, 1.54) is 12.2 Å². The van der Waals surface area contributed by atoms with Gasteiger partial charge in [-0.15, -0.1) is 0 Å². The Balaban J connectivity index is 1.82. The fraction of sp³-hybridized carbons (Fsp3) is 0.600. The van der Waals surface area contributed by atoms with Crippen LogP contribution in [-0.2, 0) is 4.74 Å². The zero-order valence-corrected chi connectivity index (χ0v) is 8.61. The third kappa shape index (κ3) is 0.982.